The molecule has 1 rings (SSSR count). The Hall–Kier alpha value is -3.34. The number of hydrogen-bond acceptors (Lipinski definition) is 8. The predicted octanol–water partition coefficient (Wildman–Crippen LogP) is 3.06. The average Bonchev–Trinajstić information content (AvgIpc) is 2.78. The van der Waals surface area contributed by atoms with Crippen molar-refractivity contribution >= 4 is 24.1 Å². The number of carbonyl (C=O) groups is 4. The smallest absolute Gasteiger partial charge is 0.408 e. The molecule has 0 spiro atoms. The van der Waals surface area contributed by atoms with Crippen molar-refractivity contribution in [1.29, 1.82) is 0 Å². The lowest BCUT2D eigenvalue weighted by molar-refractivity contribution is -0.146. The molecular formula is C26H41N3O8. The van der Waals surface area contributed by atoms with Gasteiger partial charge in [0.2, 0.25) is 5.91 Å². The minimum absolute atomic E-state index is 0.0106. The van der Waals surface area contributed by atoms with E-state index in [1.165, 1.54) is 7.11 Å². The minimum Gasteiger partial charge on any atom is -0.467 e. The van der Waals surface area contributed by atoms with Crippen LogP contribution in [0.15, 0.2) is 30.3 Å². The number of benzene rings is 1. The summed E-state index contributed by atoms with van der Waals surface area (Å²) >= 11 is 0. The van der Waals surface area contributed by atoms with Gasteiger partial charge in [0.15, 0.2) is 0 Å². The number of nitrogens with one attached hydrogen (secondary N) is 3. The van der Waals surface area contributed by atoms with E-state index in [0.717, 1.165) is 5.56 Å². The molecule has 0 saturated heterocycles. The number of hydrogen-bond donors (Lipinski definition) is 3. The van der Waals surface area contributed by atoms with Crippen molar-refractivity contribution in [3.63, 3.8) is 0 Å². The Kier molecular flexibility index (Phi) is 12.3. The molecule has 3 atom stereocenters. The number of ether oxygens (including phenoxy) is 4. The molecule has 3 N–H and O–H groups in total. The molecule has 11 heteroatoms. The Morgan fingerprint density at radius 2 is 1.51 bits per heavy atom. The van der Waals surface area contributed by atoms with Crippen LogP contribution in [0.1, 0.15) is 60.5 Å². The first-order chi connectivity index (χ1) is 17.1. The normalized spacial score (nSPS) is 13.9. The van der Waals surface area contributed by atoms with Crippen molar-refractivity contribution in [2.75, 3.05) is 13.7 Å². The summed E-state index contributed by atoms with van der Waals surface area (Å²) in [6.07, 6.45) is -2.23. The molecule has 0 radical (unpaired) electrons. The van der Waals surface area contributed by atoms with E-state index in [4.69, 9.17) is 18.9 Å². The van der Waals surface area contributed by atoms with E-state index < -0.39 is 53.5 Å². The molecule has 0 aliphatic heterocycles. The van der Waals surface area contributed by atoms with E-state index in [0.29, 0.717) is 0 Å². The summed E-state index contributed by atoms with van der Waals surface area (Å²) in [5, 5.41) is 7.65. The zero-order chi connectivity index (χ0) is 28.2. The van der Waals surface area contributed by atoms with Gasteiger partial charge in [-0.15, -0.1) is 0 Å². The molecule has 0 aliphatic carbocycles. The zero-order valence-electron chi connectivity index (χ0n) is 23.0. The molecule has 0 heterocycles. The number of carbonyl (C=O) groups excluding carboxylic acids is 4. The summed E-state index contributed by atoms with van der Waals surface area (Å²) in [7, 11) is 1.19. The van der Waals surface area contributed by atoms with Gasteiger partial charge >= 0.3 is 18.2 Å². The van der Waals surface area contributed by atoms with Crippen LogP contribution in [0.2, 0.25) is 0 Å². The Morgan fingerprint density at radius 1 is 0.892 bits per heavy atom. The maximum atomic E-state index is 13.2. The van der Waals surface area contributed by atoms with E-state index in [1.807, 2.05) is 39.0 Å². The van der Waals surface area contributed by atoms with Crippen molar-refractivity contribution < 1.29 is 38.1 Å². The quantitative estimate of drug-likeness (QED) is 0.297. The van der Waals surface area contributed by atoms with Gasteiger partial charge in [-0.1, -0.05) is 30.3 Å². The third-order valence-corrected chi connectivity index (χ3v) is 4.68. The van der Waals surface area contributed by atoms with Crippen LogP contribution in [0.3, 0.4) is 0 Å². The average molecular weight is 524 g/mol. The van der Waals surface area contributed by atoms with E-state index >= 15 is 0 Å². The van der Waals surface area contributed by atoms with E-state index in [1.54, 1.807) is 39.8 Å². The number of amides is 3. The molecule has 0 saturated carbocycles. The van der Waals surface area contributed by atoms with Crippen LogP contribution in [0.25, 0.3) is 0 Å². The van der Waals surface area contributed by atoms with Gasteiger partial charge in [0, 0.05) is 6.54 Å². The first-order valence-corrected chi connectivity index (χ1v) is 12.1. The maximum absolute atomic E-state index is 13.2. The maximum Gasteiger partial charge on any atom is 0.408 e. The van der Waals surface area contributed by atoms with Crippen LogP contribution in [-0.2, 0) is 35.1 Å². The van der Waals surface area contributed by atoms with Gasteiger partial charge in [0.05, 0.1) is 18.8 Å². The van der Waals surface area contributed by atoms with Crippen LogP contribution < -0.4 is 16.0 Å². The lowest BCUT2D eigenvalue weighted by Gasteiger charge is -2.31. The molecule has 2 unspecified atom stereocenters. The van der Waals surface area contributed by atoms with Gasteiger partial charge in [-0.3, -0.25) is 4.79 Å². The van der Waals surface area contributed by atoms with Crippen molar-refractivity contribution in [1.82, 2.24) is 16.0 Å². The van der Waals surface area contributed by atoms with Gasteiger partial charge in [-0.05, 0) is 60.5 Å². The molecule has 1 aromatic carbocycles. The molecule has 0 fully saturated rings. The van der Waals surface area contributed by atoms with Crippen LogP contribution in [0, 0.1) is 0 Å². The van der Waals surface area contributed by atoms with Crippen LogP contribution in [0.4, 0.5) is 9.59 Å². The van der Waals surface area contributed by atoms with Gasteiger partial charge in [-0.2, -0.15) is 0 Å². The third kappa shape index (κ3) is 13.5. The molecule has 3 amide bonds. The lowest BCUT2D eigenvalue weighted by atomic mass is 10.1. The lowest BCUT2D eigenvalue weighted by Crippen LogP contribution is -2.57. The number of alkyl carbamates (subject to hydrolysis) is 2. The fourth-order valence-corrected chi connectivity index (χ4v) is 3.20. The second-order valence-electron chi connectivity index (χ2n) is 10.4. The second-order valence-corrected chi connectivity index (χ2v) is 10.4. The first-order valence-electron chi connectivity index (χ1n) is 12.1. The topological polar surface area (TPSA) is 141 Å². The summed E-state index contributed by atoms with van der Waals surface area (Å²) in [6, 6.07) is 6.79. The van der Waals surface area contributed by atoms with Gasteiger partial charge in [0.1, 0.15) is 24.3 Å². The summed E-state index contributed by atoms with van der Waals surface area (Å²) in [6.45, 7) is 12.3. The monoisotopic (exact) mass is 523 g/mol. The number of methoxy groups -OCH3 is 1. The molecule has 0 aromatic heterocycles. The highest BCUT2D eigenvalue weighted by Gasteiger charge is 2.34. The largest absolute Gasteiger partial charge is 0.467 e. The molecule has 11 nitrogen and oxygen atoms in total. The van der Waals surface area contributed by atoms with Crippen molar-refractivity contribution in [3.8, 4) is 0 Å². The van der Waals surface area contributed by atoms with Crippen LogP contribution in [-0.4, -0.2) is 67.1 Å². The van der Waals surface area contributed by atoms with Gasteiger partial charge in [-0.25, -0.2) is 14.4 Å². The molecular weight excluding hydrogens is 482 g/mol. The summed E-state index contributed by atoms with van der Waals surface area (Å²) in [5.41, 5.74) is -0.523. The highest BCUT2D eigenvalue weighted by molar-refractivity contribution is 5.90. The van der Waals surface area contributed by atoms with Gasteiger partial charge in [0.25, 0.3) is 0 Å². The Balaban J connectivity index is 2.89. The van der Waals surface area contributed by atoms with Crippen molar-refractivity contribution in [3.05, 3.63) is 35.9 Å². The molecule has 0 bridgehead atoms. The van der Waals surface area contributed by atoms with Crippen LogP contribution >= 0.6 is 0 Å². The number of esters is 1. The molecule has 0 aliphatic rings. The van der Waals surface area contributed by atoms with E-state index in [9.17, 15) is 19.2 Å². The standard InChI is InChI=1S/C26H41N3O8/c1-17(36-25(2,3)4)20(29-24(33)35-16-18-12-10-9-11-13-18)21(30)28-19(22(31)34-8)14-15-27-23(32)37-26(5,6)7/h9-13,17,19-20H,14-16H2,1-8H3,(H,27,32)(H,28,30)(H,29,33)/t17?,19-,20?/m0/s1. The summed E-state index contributed by atoms with van der Waals surface area (Å²) in [4.78, 5) is 50.0. The minimum atomic E-state index is -1.19. The second kappa shape index (κ2) is 14.4. The van der Waals surface area contributed by atoms with Crippen molar-refractivity contribution in [2.45, 2.75) is 90.9 Å². The summed E-state index contributed by atoms with van der Waals surface area (Å²) < 4.78 is 21.1. The number of rotatable bonds is 11. The Labute approximate surface area is 218 Å². The predicted molar refractivity (Wildman–Crippen MR) is 137 cm³/mol. The fraction of sp³-hybridized carbons (Fsp3) is 0.615. The summed E-state index contributed by atoms with van der Waals surface area (Å²) in [5.74, 6) is -1.39. The molecule has 1 aromatic rings. The highest BCUT2D eigenvalue weighted by Crippen LogP contribution is 2.14. The zero-order valence-corrected chi connectivity index (χ0v) is 23.0. The molecule has 208 valence electrons. The highest BCUT2D eigenvalue weighted by atomic mass is 16.6. The first kappa shape index (κ1) is 31.7. The molecule has 37 heavy (non-hydrogen) atoms. The Morgan fingerprint density at radius 3 is 2.05 bits per heavy atom. The van der Waals surface area contributed by atoms with Crippen molar-refractivity contribution in [2.24, 2.45) is 0 Å². The Bertz CT molecular complexity index is 893. The van der Waals surface area contributed by atoms with E-state index in [-0.39, 0.29) is 19.6 Å². The van der Waals surface area contributed by atoms with Gasteiger partial charge < -0.3 is 34.9 Å². The SMILES string of the molecule is COC(=O)[C@H](CCNC(=O)OC(C)(C)C)NC(=O)C(NC(=O)OCc1ccccc1)C(C)OC(C)(C)C. The third-order valence-electron chi connectivity index (χ3n) is 4.68. The van der Waals surface area contributed by atoms with Crippen LogP contribution in [0.5, 0.6) is 0 Å². The fourth-order valence-electron chi connectivity index (χ4n) is 3.20. The van der Waals surface area contributed by atoms with E-state index in [2.05, 4.69) is 16.0 Å².